The number of carboxylic acid groups (broad SMARTS) is 1. The summed E-state index contributed by atoms with van der Waals surface area (Å²) in [5.41, 5.74) is -1.07. The van der Waals surface area contributed by atoms with Gasteiger partial charge in [-0.3, -0.25) is 4.79 Å². The first-order valence-electron chi connectivity index (χ1n) is 6.88. The Balaban J connectivity index is 2.41. The highest BCUT2D eigenvalue weighted by molar-refractivity contribution is 7.12. The van der Waals surface area contributed by atoms with Crippen LogP contribution < -0.4 is 10.1 Å². The Morgan fingerprint density at radius 2 is 1.96 bits per heavy atom. The van der Waals surface area contributed by atoms with Gasteiger partial charge in [0.05, 0.1) is 7.11 Å². The Kier molecular flexibility index (Phi) is 5.28. The van der Waals surface area contributed by atoms with E-state index < -0.39 is 17.4 Å². The summed E-state index contributed by atoms with van der Waals surface area (Å²) in [7, 11) is 1.46. The van der Waals surface area contributed by atoms with Gasteiger partial charge in [-0.15, -0.1) is 11.3 Å². The standard InChI is InChI=1S/C16H16ClNO4S/c1-3-16(15(20)21,10-4-6-11(17)7-5-10)18-14(19)13-12(22-2)8-9-23-13/h4-9H,3H2,1-2H3,(H,18,19)(H,20,21). The highest BCUT2D eigenvalue weighted by atomic mass is 35.5. The molecule has 2 N–H and O–H groups in total. The monoisotopic (exact) mass is 353 g/mol. The number of thiophene rings is 1. The molecule has 1 unspecified atom stereocenters. The van der Waals surface area contributed by atoms with Gasteiger partial charge in [-0.05, 0) is 35.6 Å². The van der Waals surface area contributed by atoms with Gasteiger partial charge in [-0.25, -0.2) is 4.79 Å². The van der Waals surface area contributed by atoms with Gasteiger partial charge in [0.1, 0.15) is 10.6 Å². The molecule has 0 bridgehead atoms. The summed E-state index contributed by atoms with van der Waals surface area (Å²) in [5.74, 6) is -1.21. The molecule has 1 amide bonds. The maximum absolute atomic E-state index is 12.5. The number of halogens is 1. The first kappa shape index (κ1) is 17.3. The quantitative estimate of drug-likeness (QED) is 0.833. The molecule has 0 aliphatic heterocycles. The van der Waals surface area contributed by atoms with Crippen LogP contribution in [-0.4, -0.2) is 24.1 Å². The second kappa shape index (κ2) is 7.02. The van der Waals surface area contributed by atoms with Gasteiger partial charge in [0.25, 0.3) is 5.91 Å². The molecule has 0 saturated carbocycles. The molecule has 122 valence electrons. The second-order valence-electron chi connectivity index (χ2n) is 4.84. The second-order valence-corrected chi connectivity index (χ2v) is 6.20. The molecule has 0 aliphatic carbocycles. The van der Waals surface area contributed by atoms with Gasteiger partial charge in [0.2, 0.25) is 0 Å². The largest absolute Gasteiger partial charge is 0.495 e. The maximum atomic E-state index is 12.5. The van der Waals surface area contributed by atoms with Crippen molar-refractivity contribution in [3.05, 3.63) is 51.2 Å². The molecule has 1 heterocycles. The minimum absolute atomic E-state index is 0.184. The number of nitrogens with one attached hydrogen (secondary N) is 1. The summed E-state index contributed by atoms with van der Waals surface area (Å²) in [6.45, 7) is 1.70. The Bertz CT molecular complexity index is 713. The summed E-state index contributed by atoms with van der Waals surface area (Å²) < 4.78 is 5.12. The van der Waals surface area contributed by atoms with E-state index in [1.165, 1.54) is 18.4 Å². The van der Waals surface area contributed by atoms with Crippen LogP contribution in [0.25, 0.3) is 0 Å². The lowest BCUT2D eigenvalue weighted by Gasteiger charge is -2.30. The van der Waals surface area contributed by atoms with Gasteiger partial charge in [-0.1, -0.05) is 30.7 Å². The summed E-state index contributed by atoms with van der Waals surface area (Å²) in [6.07, 6.45) is 0.184. The van der Waals surface area contributed by atoms with Gasteiger partial charge in [-0.2, -0.15) is 0 Å². The number of carbonyl (C=O) groups is 2. The first-order valence-corrected chi connectivity index (χ1v) is 8.13. The van der Waals surface area contributed by atoms with E-state index in [1.54, 1.807) is 42.6 Å². The minimum Gasteiger partial charge on any atom is -0.495 e. The van der Waals surface area contributed by atoms with Crippen molar-refractivity contribution in [2.45, 2.75) is 18.9 Å². The van der Waals surface area contributed by atoms with Crippen LogP contribution in [0.2, 0.25) is 5.02 Å². The van der Waals surface area contributed by atoms with Gasteiger partial charge in [0.15, 0.2) is 5.54 Å². The van der Waals surface area contributed by atoms with Crippen LogP contribution in [0.3, 0.4) is 0 Å². The molecule has 2 rings (SSSR count). The molecule has 23 heavy (non-hydrogen) atoms. The highest BCUT2D eigenvalue weighted by Crippen LogP contribution is 2.30. The van der Waals surface area contributed by atoms with E-state index in [0.29, 0.717) is 21.2 Å². The molecule has 0 radical (unpaired) electrons. The summed E-state index contributed by atoms with van der Waals surface area (Å²) in [4.78, 5) is 24.8. The Morgan fingerprint density at radius 1 is 1.30 bits per heavy atom. The zero-order chi connectivity index (χ0) is 17.0. The number of carboxylic acids is 1. The van der Waals surface area contributed by atoms with Crippen molar-refractivity contribution in [1.29, 1.82) is 0 Å². The molecule has 0 aliphatic rings. The molecule has 1 aromatic heterocycles. The number of aliphatic carboxylic acids is 1. The van der Waals surface area contributed by atoms with E-state index in [9.17, 15) is 14.7 Å². The molecule has 1 atom stereocenters. The smallest absolute Gasteiger partial charge is 0.334 e. The molecule has 2 aromatic rings. The van der Waals surface area contributed by atoms with Crippen molar-refractivity contribution < 1.29 is 19.4 Å². The van der Waals surface area contributed by atoms with Crippen molar-refractivity contribution in [1.82, 2.24) is 5.32 Å². The number of benzene rings is 1. The predicted molar refractivity (Wildman–Crippen MR) is 89.4 cm³/mol. The maximum Gasteiger partial charge on any atom is 0.334 e. The number of amides is 1. The van der Waals surface area contributed by atoms with Crippen molar-refractivity contribution >= 4 is 34.8 Å². The fraction of sp³-hybridized carbons (Fsp3) is 0.250. The highest BCUT2D eigenvalue weighted by Gasteiger charge is 2.41. The number of carbonyl (C=O) groups excluding carboxylic acids is 1. The average Bonchev–Trinajstić information content (AvgIpc) is 3.02. The summed E-state index contributed by atoms with van der Waals surface area (Å²) >= 11 is 7.05. The van der Waals surface area contributed by atoms with E-state index in [1.807, 2.05) is 0 Å². The number of hydrogen-bond donors (Lipinski definition) is 2. The normalized spacial score (nSPS) is 13.2. The third-order valence-corrected chi connectivity index (χ3v) is 4.76. The lowest BCUT2D eigenvalue weighted by atomic mass is 9.87. The summed E-state index contributed by atoms with van der Waals surface area (Å²) in [5, 5.41) is 14.6. The van der Waals surface area contributed by atoms with E-state index in [4.69, 9.17) is 16.3 Å². The van der Waals surface area contributed by atoms with Crippen LogP contribution in [0.1, 0.15) is 28.6 Å². The molecular formula is C16H16ClNO4S. The molecule has 0 fully saturated rings. The van der Waals surface area contributed by atoms with Crippen LogP contribution in [-0.2, 0) is 10.3 Å². The lowest BCUT2D eigenvalue weighted by Crippen LogP contribution is -2.51. The van der Waals surface area contributed by atoms with E-state index in [-0.39, 0.29) is 6.42 Å². The molecule has 0 saturated heterocycles. The number of hydrogen-bond acceptors (Lipinski definition) is 4. The Morgan fingerprint density at radius 3 is 2.48 bits per heavy atom. The van der Waals surface area contributed by atoms with Crippen LogP contribution in [0, 0.1) is 0 Å². The SMILES string of the molecule is CCC(NC(=O)c1sccc1OC)(C(=O)O)c1ccc(Cl)cc1. The molecule has 1 aromatic carbocycles. The van der Waals surface area contributed by atoms with Gasteiger partial charge >= 0.3 is 5.97 Å². The first-order chi connectivity index (χ1) is 10.9. The van der Waals surface area contributed by atoms with Crippen molar-refractivity contribution in [3.8, 4) is 5.75 Å². The van der Waals surface area contributed by atoms with Gasteiger partial charge in [0, 0.05) is 5.02 Å². The van der Waals surface area contributed by atoms with Crippen LogP contribution in [0.5, 0.6) is 5.75 Å². The average molecular weight is 354 g/mol. The zero-order valence-electron chi connectivity index (χ0n) is 12.6. The number of methoxy groups -OCH3 is 1. The number of ether oxygens (including phenoxy) is 1. The number of rotatable bonds is 6. The van der Waals surface area contributed by atoms with E-state index >= 15 is 0 Å². The summed E-state index contributed by atoms with van der Waals surface area (Å²) in [6, 6.07) is 8.07. The van der Waals surface area contributed by atoms with Crippen LogP contribution in [0.4, 0.5) is 0 Å². The third-order valence-electron chi connectivity index (χ3n) is 3.61. The van der Waals surface area contributed by atoms with Crippen molar-refractivity contribution in [2.75, 3.05) is 7.11 Å². The lowest BCUT2D eigenvalue weighted by molar-refractivity contribution is -0.145. The topological polar surface area (TPSA) is 75.6 Å². The third kappa shape index (κ3) is 3.33. The molecule has 5 nitrogen and oxygen atoms in total. The fourth-order valence-corrected chi connectivity index (χ4v) is 3.18. The van der Waals surface area contributed by atoms with E-state index in [2.05, 4.69) is 5.32 Å². The Labute approximate surface area is 142 Å². The van der Waals surface area contributed by atoms with Gasteiger partial charge < -0.3 is 15.2 Å². The molecular weight excluding hydrogens is 338 g/mol. The van der Waals surface area contributed by atoms with Crippen molar-refractivity contribution in [3.63, 3.8) is 0 Å². The zero-order valence-corrected chi connectivity index (χ0v) is 14.2. The molecule has 7 heteroatoms. The molecule has 0 spiro atoms. The van der Waals surface area contributed by atoms with E-state index in [0.717, 1.165) is 0 Å². The van der Waals surface area contributed by atoms with Crippen LogP contribution in [0.15, 0.2) is 35.7 Å². The Hall–Kier alpha value is -2.05. The minimum atomic E-state index is -1.53. The predicted octanol–water partition coefficient (Wildman–Crippen LogP) is 3.53. The van der Waals surface area contributed by atoms with Crippen LogP contribution >= 0.6 is 22.9 Å². The fourth-order valence-electron chi connectivity index (χ4n) is 2.30. The van der Waals surface area contributed by atoms with Crippen molar-refractivity contribution in [2.24, 2.45) is 0 Å².